The van der Waals surface area contributed by atoms with Crippen LogP contribution in [0, 0.1) is 12.8 Å². The Labute approximate surface area is 212 Å². The molecule has 36 heavy (non-hydrogen) atoms. The molecule has 0 amide bonds. The average molecular weight is 512 g/mol. The number of aryl methyl sites for hydroxylation is 1. The number of aliphatic carboxylic acids is 1. The number of aromatic nitrogens is 2. The first-order chi connectivity index (χ1) is 17.2. The number of methoxy groups -OCH3 is 1. The smallest absolute Gasteiger partial charge is 0.306 e. The maximum Gasteiger partial charge on any atom is 0.306 e. The Morgan fingerprint density at radius 2 is 1.92 bits per heavy atom. The van der Waals surface area contributed by atoms with Crippen molar-refractivity contribution in [2.45, 2.75) is 62.8 Å². The van der Waals surface area contributed by atoms with Gasteiger partial charge in [0.2, 0.25) is 0 Å². The van der Waals surface area contributed by atoms with Crippen LogP contribution in [0.25, 0.3) is 10.9 Å². The van der Waals surface area contributed by atoms with E-state index in [2.05, 4.69) is 23.3 Å². The molecular weight excluding hydrogens is 478 g/mol. The standard InChI is InChI=1S/C27H33N3O5S/c1-15(19-5-4-6-25-20(19)11-12-36(25,33)34)28-26-22-13-21(17-7-9-18(10-8-17)27(31)32)24(35-3)14-23(22)29-16(2)30-26/h4-6,13-15,17-18,33-34H,7-12H2,1-3H3,(H,31,32)(H,28,29,30). The number of ether oxygens (including phenoxy) is 1. The molecule has 2 heterocycles. The summed E-state index contributed by atoms with van der Waals surface area (Å²) in [5.41, 5.74) is 3.89. The van der Waals surface area contributed by atoms with Crippen LogP contribution < -0.4 is 10.1 Å². The molecule has 0 saturated heterocycles. The molecule has 2 aliphatic rings. The fourth-order valence-corrected chi connectivity index (χ4v) is 7.37. The van der Waals surface area contributed by atoms with Crippen LogP contribution in [-0.4, -0.2) is 43.0 Å². The van der Waals surface area contributed by atoms with Crippen molar-refractivity contribution < 1.29 is 23.7 Å². The van der Waals surface area contributed by atoms with Gasteiger partial charge in [0.05, 0.1) is 29.5 Å². The largest absolute Gasteiger partial charge is 0.496 e. The van der Waals surface area contributed by atoms with E-state index in [1.807, 2.05) is 31.2 Å². The molecule has 0 spiro atoms. The average Bonchev–Trinajstić information content (AvgIpc) is 3.17. The van der Waals surface area contributed by atoms with E-state index >= 15 is 0 Å². The predicted octanol–water partition coefficient (Wildman–Crippen LogP) is 6.14. The minimum absolute atomic E-state index is 0.109. The molecule has 1 saturated carbocycles. The van der Waals surface area contributed by atoms with Crippen LogP contribution in [0.4, 0.5) is 5.82 Å². The first-order valence-corrected chi connectivity index (χ1v) is 14.1. The van der Waals surface area contributed by atoms with Crippen LogP contribution in [0.2, 0.25) is 0 Å². The molecule has 3 aromatic rings. The lowest BCUT2D eigenvalue weighted by molar-refractivity contribution is -0.142. The number of benzene rings is 2. The number of hydrogen-bond donors (Lipinski definition) is 4. The summed E-state index contributed by atoms with van der Waals surface area (Å²) in [5.74, 6) is 1.73. The SMILES string of the molecule is COc1cc2nc(C)nc(NC(C)c3cccc4c3CCS4(O)O)c2cc1C1CCC(C(=O)O)CC1. The highest BCUT2D eigenvalue weighted by molar-refractivity contribution is 8.24. The van der Waals surface area contributed by atoms with Crippen LogP contribution in [0.1, 0.15) is 67.1 Å². The number of rotatable bonds is 6. The molecule has 1 unspecified atom stereocenters. The van der Waals surface area contributed by atoms with Gasteiger partial charge in [0.15, 0.2) is 0 Å². The number of fused-ring (bicyclic) bond motifs is 2. The summed E-state index contributed by atoms with van der Waals surface area (Å²) in [4.78, 5) is 21.5. The van der Waals surface area contributed by atoms with Gasteiger partial charge in [-0.2, -0.15) is 10.6 Å². The first-order valence-electron chi connectivity index (χ1n) is 12.4. The van der Waals surface area contributed by atoms with Crippen molar-refractivity contribution in [2.75, 3.05) is 18.2 Å². The zero-order valence-corrected chi connectivity index (χ0v) is 21.6. The van der Waals surface area contributed by atoms with Crippen molar-refractivity contribution in [3.05, 3.63) is 52.8 Å². The first kappa shape index (κ1) is 24.8. The van der Waals surface area contributed by atoms with E-state index in [4.69, 9.17) is 9.72 Å². The summed E-state index contributed by atoms with van der Waals surface area (Å²) < 4.78 is 26.6. The van der Waals surface area contributed by atoms with E-state index in [0.29, 0.717) is 35.7 Å². The topological polar surface area (TPSA) is 125 Å². The van der Waals surface area contributed by atoms with Gasteiger partial charge in [-0.15, -0.1) is 0 Å². The van der Waals surface area contributed by atoms with Gasteiger partial charge in [0.1, 0.15) is 17.4 Å². The van der Waals surface area contributed by atoms with E-state index in [9.17, 15) is 19.0 Å². The Morgan fingerprint density at radius 3 is 2.61 bits per heavy atom. The summed E-state index contributed by atoms with van der Waals surface area (Å²) in [6, 6.07) is 9.67. The predicted molar refractivity (Wildman–Crippen MR) is 141 cm³/mol. The quantitative estimate of drug-likeness (QED) is 0.311. The molecule has 0 bridgehead atoms. The van der Waals surface area contributed by atoms with Crippen molar-refractivity contribution >= 4 is 33.3 Å². The number of nitrogens with one attached hydrogen (secondary N) is 1. The lowest BCUT2D eigenvalue weighted by Gasteiger charge is -2.28. The van der Waals surface area contributed by atoms with Crippen molar-refractivity contribution in [1.29, 1.82) is 0 Å². The molecule has 2 aromatic carbocycles. The van der Waals surface area contributed by atoms with Crippen LogP contribution in [-0.2, 0) is 11.2 Å². The number of hydrogen-bond acceptors (Lipinski definition) is 7. The summed E-state index contributed by atoms with van der Waals surface area (Å²) in [5, 5.41) is 13.8. The number of anilines is 1. The number of carboxylic acids is 1. The van der Waals surface area contributed by atoms with Crippen molar-refractivity contribution in [3.63, 3.8) is 0 Å². The van der Waals surface area contributed by atoms with Gasteiger partial charge in [0, 0.05) is 17.2 Å². The lowest BCUT2D eigenvalue weighted by atomic mass is 9.78. The summed E-state index contributed by atoms with van der Waals surface area (Å²) in [7, 11) is -1.06. The number of nitrogens with zero attached hydrogens (tertiary/aromatic N) is 2. The summed E-state index contributed by atoms with van der Waals surface area (Å²) in [6.07, 6.45) is 3.56. The minimum atomic E-state index is -2.72. The molecule has 0 radical (unpaired) electrons. The highest BCUT2D eigenvalue weighted by Gasteiger charge is 2.31. The number of carbonyl (C=O) groups is 1. The molecule has 192 valence electrons. The highest BCUT2D eigenvalue weighted by Crippen LogP contribution is 2.56. The van der Waals surface area contributed by atoms with Gasteiger partial charge in [-0.1, -0.05) is 12.1 Å². The molecule has 1 atom stereocenters. The molecule has 4 N–H and O–H groups in total. The Hall–Kier alpha value is -2.88. The van der Waals surface area contributed by atoms with Crippen molar-refractivity contribution in [1.82, 2.24) is 9.97 Å². The molecule has 9 heteroatoms. The number of carboxylic acid groups (broad SMARTS) is 1. The molecule has 8 nitrogen and oxygen atoms in total. The fraction of sp³-hybridized carbons (Fsp3) is 0.444. The Kier molecular flexibility index (Phi) is 6.57. The van der Waals surface area contributed by atoms with Crippen LogP contribution >= 0.6 is 10.6 Å². The van der Waals surface area contributed by atoms with E-state index in [0.717, 1.165) is 52.0 Å². The van der Waals surface area contributed by atoms with Gasteiger partial charge in [0.25, 0.3) is 0 Å². The Bertz CT molecular complexity index is 1320. The van der Waals surface area contributed by atoms with Crippen molar-refractivity contribution in [2.24, 2.45) is 5.92 Å². The van der Waals surface area contributed by atoms with Gasteiger partial charge >= 0.3 is 5.97 Å². The molecule has 1 fully saturated rings. The van der Waals surface area contributed by atoms with Gasteiger partial charge in [-0.05, 0) is 80.7 Å². The fourth-order valence-electron chi connectivity index (χ4n) is 5.75. The van der Waals surface area contributed by atoms with E-state index < -0.39 is 16.6 Å². The Morgan fingerprint density at radius 1 is 1.17 bits per heavy atom. The maximum atomic E-state index is 11.4. The molecule has 1 aromatic heterocycles. The summed E-state index contributed by atoms with van der Waals surface area (Å²) >= 11 is 0. The normalized spacial score (nSPS) is 22.6. The zero-order chi connectivity index (χ0) is 25.6. The van der Waals surface area contributed by atoms with Crippen LogP contribution in [0.3, 0.4) is 0 Å². The molecular formula is C27H33N3O5S. The second kappa shape index (κ2) is 9.53. The van der Waals surface area contributed by atoms with Gasteiger partial charge in [-0.3, -0.25) is 13.9 Å². The maximum absolute atomic E-state index is 11.4. The van der Waals surface area contributed by atoms with Crippen LogP contribution in [0.5, 0.6) is 5.75 Å². The molecule has 1 aliphatic carbocycles. The third-order valence-corrected chi connectivity index (χ3v) is 9.51. The molecule has 5 rings (SSSR count). The monoisotopic (exact) mass is 511 g/mol. The van der Waals surface area contributed by atoms with Crippen LogP contribution in [0.15, 0.2) is 35.2 Å². The second-order valence-electron chi connectivity index (χ2n) is 9.93. The highest BCUT2D eigenvalue weighted by atomic mass is 32.3. The summed E-state index contributed by atoms with van der Waals surface area (Å²) in [6.45, 7) is 3.92. The van der Waals surface area contributed by atoms with E-state index in [1.54, 1.807) is 7.11 Å². The van der Waals surface area contributed by atoms with E-state index in [-0.39, 0.29) is 17.9 Å². The van der Waals surface area contributed by atoms with Crippen molar-refractivity contribution in [3.8, 4) is 5.75 Å². The third-order valence-electron chi connectivity index (χ3n) is 7.65. The minimum Gasteiger partial charge on any atom is -0.496 e. The molecule has 1 aliphatic heterocycles. The van der Waals surface area contributed by atoms with Gasteiger partial charge in [-0.25, -0.2) is 9.97 Å². The lowest BCUT2D eigenvalue weighted by Crippen LogP contribution is -2.20. The zero-order valence-electron chi connectivity index (χ0n) is 20.8. The third kappa shape index (κ3) is 4.51. The van der Waals surface area contributed by atoms with E-state index in [1.165, 1.54) is 0 Å². The Balaban J connectivity index is 1.51. The second-order valence-corrected chi connectivity index (χ2v) is 12.1. The van der Waals surface area contributed by atoms with Gasteiger partial charge < -0.3 is 15.2 Å².